The number of carboxylic acids is 1. The van der Waals surface area contributed by atoms with Gasteiger partial charge in [0.25, 0.3) is 0 Å². The summed E-state index contributed by atoms with van der Waals surface area (Å²) in [7, 11) is -1.23. The summed E-state index contributed by atoms with van der Waals surface area (Å²) in [5, 5.41) is 11.0. The number of carbonyl (C=O) groups is 1. The number of ether oxygens (including phenoxy) is 1. The fraction of sp³-hybridized carbons (Fsp3) is 0.353. The molecule has 1 aromatic heterocycles. The van der Waals surface area contributed by atoms with Crippen molar-refractivity contribution >= 4 is 64.1 Å². The predicted molar refractivity (Wildman–Crippen MR) is 109 cm³/mol. The second kappa shape index (κ2) is 8.15. The summed E-state index contributed by atoms with van der Waals surface area (Å²) < 4.78 is 7.32. The van der Waals surface area contributed by atoms with Gasteiger partial charge in [0.05, 0.1) is 16.1 Å². The number of hydrogen-bond donors (Lipinski definition) is 1. The molecule has 0 saturated heterocycles. The summed E-state index contributed by atoms with van der Waals surface area (Å²) in [6.07, 6.45) is 0. The zero-order valence-corrected chi connectivity index (χ0v) is 18.2. The minimum atomic E-state index is -1.23. The predicted octanol–water partition coefficient (Wildman–Crippen LogP) is 5.66. The minimum absolute atomic E-state index is 0.0409. The highest BCUT2D eigenvalue weighted by Gasteiger charge is 2.24. The molecule has 0 unspecified atom stereocenters. The Morgan fingerprint density at radius 2 is 2.04 bits per heavy atom. The molecule has 0 fully saturated rings. The molecule has 0 radical (unpaired) electrons. The lowest BCUT2D eigenvalue weighted by molar-refractivity contribution is 0.0630. The summed E-state index contributed by atoms with van der Waals surface area (Å²) in [6.45, 7) is 7.44. The smallest absolute Gasteiger partial charge is 0.353 e. The van der Waals surface area contributed by atoms with Gasteiger partial charge in [-0.1, -0.05) is 48.8 Å². The normalized spacial score (nSPS) is 11.4. The molecule has 25 heavy (non-hydrogen) atoms. The first-order valence-electron chi connectivity index (χ1n) is 7.59. The maximum atomic E-state index is 11.8. The van der Waals surface area contributed by atoms with Crippen molar-refractivity contribution in [1.29, 1.82) is 0 Å². The molecule has 0 spiro atoms. The summed E-state index contributed by atoms with van der Waals surface area (Å²) in [4.78, 5) is 14.4. The molecule has 0 bridgehead atoms. The van der Waals surface area contributed by atoms with Crippen LogP contribution in [0, 0.1) is 10.8 Å². The lowest BCUT2D eigenvalue weighted by Crippen LogP contribution is -2.22. The van der Waals surface area contributed by atoms with Gasteiger partial charge in [0.15, 0.2) is 0 Å². The van der Waals surface area contributed by atoms with Crippen molar-refractivity contribution in [1.82, 2.24) is 4.57 Å². The molecule has 0 aliphatic heterocycles. The number of hydrogen-bond acceptors (Lipinski definition) is 2. The summed E-state index contributed by atoms with van der Waals surface area (Å²) in [6, 6.07) is 4.24. The van der Waals surface area contributed by atoms with Crippen LogP contribution < -0.4 is 0 Å². The largest absolute Gasteiger partial charge is 0.477 e. The van der Waals surface area contributed by atoms with Gasteiger partial charge in [0.1, 0.15) is 12.4 Å². The number of fused-ring (bicyclic) bond motifs is 1. The van der Waals surface area contributed by atoms with Crippen molar-refractivity contribution in [3.63, 3.8) is 0 Å². The molecule has 134 valence electrons. The summed E-state index contributed by atoms with van der Waals surface area (Å²) in [5.41, 5.74) is 0.974. The van der Waals surface area contributed by atoms with E-state index in [-0.39, 0.29) is 12.4 Å². The number of nitrogens with zero attached hydrogens (tertiary/aromatic N) is 1. The second-order valence-corrected chi connectivity index (χ2v) is 13.7. The van der Waals surface area contributed by atoms with Gasteiger partial charge in [-0.2, -0.15) is 0 Å². The van der Waals surface area contributed by atoms with Crippen LogP contribution in [0.1, 0.15) is 16.1 Å². The van der Waals surface area contributed by atoms with Gasteiger partial charge in [-0.25, -0.2) is 4.79 Å². The molecule has 1 N–H and O–H groups in total. The lowest BCUT2D eigenvalue weighted by atomic mass is 10.1. The molecule has 2 aromatic rings. The van der Waals surface area contributed by atoms with Gasteiger partial charge in [-0.05, 0) is 23.0 Å². The lowest BCUT2D eigenvalue weighted by Gasteiger charge is -2.16. The third kappa shape index (κ3) is 4.81. The van der Waals surface area contributed by atoms with Gasteiger partial charge in [-0.3, -0.25) is 0 Å². The van der Waals surface area contributed by atoms with E-state index in [4.69, 9.17) is 27.9 Å². The quantitative estimate of drug-likeness (QED) is 0.342. The van der Waals surface area contributed by atoms with Gasteiger partial charge in [0, 0.05) is 41.0 Å². The highest BCUT2D eigenvalue weighted by Crippen LogP contribution is 2.34. The van der Waals surface area contributed by atoms with Crippen LogP contribution in [-0.2, 0) is 11.5 Å². The third-order valence-electron chi connectivity index (χ3n) is 3.67. The van der Waals surface area contributed by atoms with Crippen molar-refractivity contribution in [3.8, 4) is 10.8 Å². The van der Waals surface area contributed by atoms with E-state index in [2.05, 4.69) is 46.3 Å². The average Bonchev–Trinajstić information content (AvgIpc) is 2.77. The standard InChI is InChI=1S/C17H18BrCl2NO3Si/c1-25(2,3)7-6-24-10-21-14-9-11(19)8-13(20)15(14)12(4-5-18)16(21)17(22)23/h8-9H,6-7,10H2,1-3H3,(H,22,23). The number of carboxylic acid groups (broad SMARTS) is 1. The van der Waals surface area contributed by atoms with E-state index < -0.39 is 14.0 Å². The van der Waals surface area contributed by atoms with Crippen LogP contribution in [0.15, 0.2) is 12.1 Å². The van der Waals surface area contributed by atoms with Crippen LogP contribution in [0.2, 0.25) is 35.7 Å². The molecular formula is C17H18BrCl2NO3Si. The number of benzene rings is 1. The zero-order valence-electron chi connectivity index (χ0n) is 14.1. The van der Waals surface area contributed by atoms with Crippen molar-refractivity contribution in [2.45, 2.75) is 32.4 Å². The van der Waals surface area contributed by atoms with Gasteiger partial charge < -0.3 is 14.4 Å². The first-order chi connectivity index (χ1) is 11.7. The Morgan fingerprint density at radius 3 is 2.60 bits per heavy atom. The Balaban J connectivity index is 2.54. The highest BCUT2D eigenvalue weighted by molar-refractivity contribution is 9.12. The Morgan fingerprint density at radius 1 is 1.36 bits per heavy atom. The topological polar surface area (TPSA) is 51.5 Å². The molecule has 8 heteroatoms. The van der Waals surface area contributed by atoms with Gasteiger partial charge in [-0.15, -0.1) is 0 Å². The summed E-state index contributed by atoms with van der Waals surface area (Å²) in [5.74, 6) is 1.69. The fourth-order valence-corrected chi connectivity index (χ4v) is 3.99. The Bertz CT molecular complexity index is 878. The van der Waals surface area contributed by atoms with E-state index in [1.165, 1.54) is 0 Å². The first-order valence-corrected chi connectivity index (χ1v) is 12.8. The zero-order chi connectivity index (χ0) is 18.8. The Labute approximate surface area is 166 Å². The summed E-state index contributed by atoms with van der Waals surface area (Å²) >= 11 is 15.4. The van der Waals surface area contributed by atoms with Crippen LogP contribution in [0.3, 0.4) is 0 Å². The molecular weight excluding hydrogens is 445 g/mol. The van der Waals surface area contributed by atoms with Crippen LogP contribution in [-0.4, -0.2) is 30.3 Å². The molecule has 0 aliphatic rings. The number of halogens is 3. The van der Waals surface area contributed by atoms with Crippen LogP contribution >= 0.6 is 39.1 Å². The molecule has 4 nitrogen and oxygen atoms in total. The molecule has 1 heterocycles. The molecule has 0 saturated carbocycles. The molecule has 0 amide bonds. The van der Waals surface area contributed by atoms with E-state index in [0.29, 0.717) is 33.1 Å². The van der Waals surface area contributed by atoms with Crippen LogP contribution in [0.25, 0.3) is 10.9 Å². The Hall–Kier alpha value is -0.973. The average molecular weight is 463 g/mol. The fourth-order valence-electron chi connectivity index (χ4n) is 2.45. The molecule has 2 rings (SSSR count). The molecule has 1 aromatic carbocycles. The van der Waals surface area contributed by atoms with Crippen LogP contribution in [0.5, 0.6) is 0 Å². The number of rotatable bonds is 6. The monoisotopic (exact) mass is 461 g/mol. The number of aromatic nitrogens is 1. The molecule has 0 atom stereocenters. The van der Waals surface area contributed by atoms with E-state index in [9.17, 15) is 9.90 Å². The highest BCUT2D eigenvalue weighted by atomic mass is 79.9. The number of aromatic carboxylic acids is 1. The maximum absolute atomic E-state index is 11.8. The van der Waals surface area contributed by atoms with Gasteiger partial charge in [0.2, 0.25) is 0 Å². The molecule has 0 aliphatic carbocycles. The third-order valence-corrected chi connectivity index (χ3v) is 6.09. The van der Waals surface area contributed by atoms with Crippen LogP contribution in [0.4, 0.5) is 0 Å². The van der Waals surface area contributed by atoms with E-state index in [1.54, 1.807) is 16.7 Å². The maximum Gasteiger partial charge on any atom is 0.353 e. The first kappa shape index (κ1) is 20.3. The van der Waals surface area contributed by atoms with E-state index in [1.807, 2.05) is 0 Å². The van der Waals surface area contributed by atoms with Crippen molar-refractivity contribution in [3.05, 3.63) is 33.4 Å². The van der Waals surface area contributed by atoms with Crippen molar-refractivity contribution in [2.75, 3.05) is 6.61 Å². The SMILES string of the molecule is C[Si](C)(C)CCOCn1c(C(=O)O)c(C#CBr)c2c(Cl)cc(Cl)cc21. The van der Waals surface area contributed by atoms with Crippen molar-refractivity contribution < 1.29 is 14.6 Å². The Kier molecular flexibility index (Phi) is 6.63. The van der Waals surface area contributed by atoms with Crippen molar-refractivity contribution in [2.24, 2.45) is 0 Å². The second-order valence-electron chi connectivity index (χ2n) is 6.81. The van der Waals surface area contributed by atoms with E-state index >= 15 is 0 Å². The van der Waals surface area contributed by atoms with Gasteiger partial charge >= 0.3 is 5.97 Å². The minimum Gasteiger partial charge on any atom is -0.477 e. The van der Waals surface area contributed by atoms with E-state index in [0.717, 1.165) is 6.04 Å².